The van der Waals surface area contributed by atoms with Crippen LogP contribution < -0.4 is 0 Å². The summed E-state index contributed by atoms with van der Waals surface area (Å²) in [7, 11) is 0. The molecular formula is C20H19IO3. The molecule has 0 aliphatic carbocycles. The van der Waals surface area contributed by atoms with Gasteiger partial charge in [0, 0.05) is 17.5 Å². The van der Waals surface area contributed by atoms with E-state index in [1.807, 2.05) is 78.5 Å². The molecule has 2 rings (SSSR count). The van der Waals surface area contributed by atoms with Gasteiger partial charge in [-0.25, -0.2) is 0 Å². The Morgan fingerprint density at radius 1 is 1.00 bits per heavy atom. The lowest BCUT2D eigenvalue weighted by molar-refractivity contribution is -0.144. The van der Waals surface area contributed by atoms with Gasteiger partial charge in [-0.15, -0.1) is 0 Å². The maximum Gasteiger partial charge on any atom is 0.306 e. The normalized spacial score (nSPS) is 9.92. The molecule has 0 saturated heterocycles. The summed E-state index contributed by atoms with van der Waals surface area (Å²) in [6.45, 7) is 2.84. The quantitative estimate of drug-likeness (QED) is 0.373. The highest BCUT2D eigenvalue weighted by Gasteiger charge is 2.01. The Labute approximate surface area is 157 Å². The summed E-state index contributed by atoms with van der Waals surface area (Å²) in [6.07, 6.45) is 1.27. The molecule has 2 aromatic carbocycles. The van der Waals surface area contributed by atoms with Crippen molar-refractivity contribution in [2.45, 2.75) is 33.0 Å². The monoisotopic (exact) mass is 434 g/mol. The molecule has 0 aliphatic rings. The Morgan fingerprint density at radius 2 is 1.75 bits per heavy atom. The SMILES string of the molecule is CCCC(=O)OCc1ccc(C#Cc2cccc(COI)c2)cc1. The van der Waals surface area contributed by atoms with E-state index >= 15 is 0 Å². The molecule has 4 heteroatoms. The molecule has 0 atom stereocenters. The van der Waals surface area contributed by atoms with Gasteiger partial charge in [0.15, 0.2) is 0 Å². The molecule has 0 aliphatic heterocycles. The van der Waals surface area contributed by atoms with Crippen molar-refractivity contribution < 1.29 is 12.6 Å². The molecular weight excluding hydrogens is 415 g/mol. The van der Waals surface area contributed by atoms with Crippen molar-refractivity contribution in [3.8, 4) is 11.8 Å². The standard InChI is InChI=1S/C20H19IO3/c1-2-4-20(22)23-14-18-11-8-16(9-12-18)7-10-17-5-3-6-19(13-17)15-24-21/h3,5-6,8-9,11-13H,2,4,14-15H2,1H3. The number of rotatable bonds is 6. The summed E-state index contributed by atoms with van der Waals surface area (Å²) in [4.78, 5) is 11.4. The van der Waals surface area contributed by atoms with Crippen LogP contribution in [0.25, 0.3) is 0 Å². The van der Waals surface area contributed by atoms with E-state index < -0.39 is 0 Å². The highest BCUT2D eigenvalue weighted by molar-refractivity contribution is 14.1. The zero-order chi connectivity index (χ0) is 17.2. The van der Waals surface area contributed by atoms with Crippen LogP contribution in [-0.2, 0) is 25.8 Å². The molecule has 24 heavy (non-hydrogen) atoms. The van der Waals surface area contributed by atoms with Crippen LogP contribution in [0.4, 0.5) is 0 Å². The summed E-state index contributed by atoms with van der Waals surface area (Å²) in [5.74, 6) is 6.14. The fraction of sp³-hybridized carbons (Fsp3) is 0.250. The fourth-order valence-electron chi connectivity index (χ4n) is 2.07. The number of carbonyl (C=O) groups is 1. The molecule has 3 nitrogen and oxygen atoms in total. The molecule has 0 unspecified atom stereocenters. The first-order valence-electron chi connectivity index (χ1n) is 7.80. The lowest BCUT2D eigenvalue weighted by Crippen LogP contribution is -2.03. The largest absolute Gasteiger partial charge is 0.461 e. The predicted octanol–water partition coefficient (Wildman–Crippen LogP) is 4.80. The van der Waals surface area contributed by atoms with Crippen LogP contribution in [0.15, 0.2) is 48.5 Å². The molecule has 0 saturated carbocycles. The smallest absolute Gasteiger partial charge is 0.306 e. The van der Waals surface area contributed by atoms with Crippen molar-refractivity contribution in [3.05, 3.63) is 70.8 Å². The van der Waals surface area contributed by atoms with Gasteiger partial charge < -0.3 is 7.80 Å². The molecule has 0 radical (unpaired) electrons. The Morgan fingerprint density at radius 3 is 2.46 bits per heavy atom. The van der Waals surface area contributed by atoms with Crippen LogP contribution in [0.5, 0.6) is 0 Å². The zero-order valence-electron chi connectivity index (χ0n) is 13.5. The van der Waals surface area contributed by atoms with Gasteiger partial charge in [0.25, 0.3) is 0 Å². The van der Waals surface area contributed by atoms with Crippen molar-refractivity contribution in [3.63, 3.8) is 0 Å². The van der Waals surface area contributed by atoms with Crippen molar-refractivity contribution >= 4 is 29.0 Å². The lowest BCUT2D eigenvalue weighted by atomic mass is 10.1. The molecule has 0 amide bonds. The van der Waals surface area contributed by atoms with Crippen LogP contribution in [0.2, 0.25) is 0 Å². The van der Waals surface area contributed by atoms with Crippen molar-refractivity contribution in [2.24, 2.45) is 0 Å². The highest BCUT2D eigenvalue weighted by Crippen LogP contribution is 2.09. The number of benzene rings is 2. The second-order valence-corrected chi connectivity index (χ2v) is 5.93. The van der Waals surface area contributed by atoms with E-state index in [1.165, 1.54) is 0 Å². The van der Waals surface area contributed by atoms with E-state index in [4.69, 9.17) is 7.80 Å². The van der Waals surface area contributed by atoms with E-state index in [0.29, 0.717) is 19.6 Å². The lowest BCUT2D eigenvalue weighted by Gasteiger charge is -2.04. The van der Waals surface area contributed by atoms with Gasteiger partial charge >= 0.3 is 5.97 Å². The van der Waals surface area contributed by atoms with E-state index in [9.17, 15) is 4.79 Å². The summed E-state index contributed by atoms with van der Waals surface area (Å²) < 4.78 is 10.3. The molecule has 0 N–H and O–H groups in total. The van der Waals surface area contributed by atoms with E-state index in [-0.39, 0.29) is 5.97 Å². The Hall–Kier alpha value is -1.84. The Kier molecular flexibility index (Phi) is 7.80. The minimum atomic E-state index is -0.156. The number of hydrogen-bond donors (Lipinski definition) is 0. The molecule has 0 aromatic heterocycles. The molecule has 0 fully saturated rings. The van der Waals surface area contributed by atoms with Gasteiger partial charge in [-0.3, -0.25) is 4.79 Å². The minimum Gasteiger partial charge on any atom is -0.461 e. The van der Waals surface area contributed by atoms with Crippen LogP contribution in [-0.4, -0.2) is 5.97 Å². The number of ether oxygens (including phenoxy) is 1. The molecule has 0 heterocycles. The van der Waals surface area contributed by atoms with Crippen LogP contribution in [0.1, 0.15) is 42.0 Å². The van der Waals surface area contributed by atoms with Gasteiger partial charge in [0.1, 0.15) is 29.6 Å². The van der Waals surface area contributed by atoms with Crippen molar-refractivity contribution in [2.75, 3.05) is 0 Å². The third kappa shape index (κ3) is 6.34. The number of hydrogen-bond acceptors (Lipinski definition) is 3. The van der Waals surface area contributed by atoms with E-state index in [2.05, 4.69) is 11.8 Å². The fourth-order valence-corrected chi connectivity index (χ4v) is 2.43. The molecule has 2 aromatic rings. The predicted molar refractivity (Wildman–Crippen MR) is 102 cm³/mol. The zero-order valence-corrected chi connectivity index (χ0v) is 15.7. The average molecular weight is 434 g/mol. The van der Waals surface area contributed by atoms with Crippen molar-refractivity contribution in [1.29, 1.82) is 0 Å². The maximum absolute atomic E-state index is 11.4. The number of halogens is 1. The second kappa shape index (κ2) is 10.1. The van der Waals surface area contributed by atoms with Gasteiger partial charge in [-0.1, -0.05) is 43.0 Å². The minimum absolute atomic E-state index is 0.156. The third-order valence-electron chi connectivity index (χ3n) is 3.31. The van der Waals surface area contributed by atoms with E-state index in [0.717, 1.165) is 28.7 Å². The van der Waals surface area contributed by atoms with Gasteiger partial charge in [0.2, 0.25) is 0 Å². The second-order valence-electron chi connectivity index (χ2n) is 5.31. The highest BCUT2D eigenvalue weighted by atomic mass is 127. The molecule has 0 bridgehead atoms. The van der Waals surface area contributed by atoms with Gasteiger partial charge in [-0.2, -0.15) is 0 Å². The maximum atomic E-state index is 11.4. The van der Waals surface area contributed by atoms with Crippen LogP contribution in [0, 0.1) is 11.8 Å². The van der Waals surface area contributed by atoms with Gasteiger partial charge in [0.05, 0.1) is 6.61 Å². The van der Waals surface area contributed by atoms with Crippen LogP contribution in [0.3, 0.4) is 0 Å². The molecule has 0 spiro atoms. The summed E-state index contributed by atoms with van der Waals surface area (Å²) in [5.41, 5.74) is 3.94. The number of carbonyl (C=O) groups excluding carboxylic acids is 1. The topological polar surface area (TPSA) is 35.5 Å². The summed E-state index contributed by atoms with van der Waals surface area (Å²) >= 11 is 1.88. The first-order valence-corrected chi connectivity index (χ1v) is 8.68. The van der Waals surface area contributed by atoms with Gasteiger partial charge in [-0.05, 0) is 41.8 Å². The number of esters is 1. The Bertz CT molecular complexity index is 727. The first-order chi connectivity index (χ1) is 11.7. The summed E-state index contributed by atoms with van der Waals surface area (Å²) in [6, 6.07) is 15.7. The van der Waals surface area contributed by atoms with Crippen LogP contribution >= 0.6 is 23.0 Å². The van der Waals surface area contributed by atoms with E-state index in [1.54, 1.807) is 0 Å². The summed E-state index contributed by atoms with van der Waals surface area (Å²) in [5, 5.41) is 0. The molecule has 124 valence electrons. The Balaban J connectivity index is 1.97. The third-order valence-corrected chi connectivity index (χ3v) is 3.62. The first kappa shape index (κ1) is 18.5. The average Bonchev–Trinajstić information content (AvgIpc) is 2.60. The van der Waals surface area contributed by atoms with Crippen molar-refractivity contribution in [1.82, 2.24) is 0 Å².